The number of sulfone groups is 1. The normalized spacial score (nSPS) is 11.6. The summed E-state index contributed by atoms with van der Waals surface area (Å²) in [4.78, 5) is 1.46. The number of benzene rings is 1. The highest BCUT2D eigenvalue weighted by molar-refractivity contribution is 7.91. The van der Waals surface area contributed by atoms with Gasteiger partial charge in [-0.15, -0.1) is 5.10 Å². The van der Waals surface area contributed by atoms with E-state index in [9.17, 15) is 8.42 Å². The Hall–Kier alpha value is -1.69. The van der Waals surface area contributed by atoms with E-state index in [1.54, 1.807) is 31.3 Å². The van der Waals surface area contributed by atoms with E-state index in [0.717, 1.165) is 5.56 Å². The summed E-state index contributed by atoms with van der Waals surface area (Å²) < 4.78 is 24.1. The van der Waals surface area contributed by atoms with E-state index in [-0.39, 0.29) is 9.92 Å². The molecule has 5 nitrogen and oxygen atoms in total. The molecule has 1 aromatic heterocycles. The Kier molecular flexibility index (Phi) is 2.51. The van der Waals surface area contributed by atoms with Crippen molar-refractivity contribution in [1.29, 1.82) is 0 Å². The van der Waals surface area contributed by atoms with Crippen molar-refractivity contribution < 1.29 is 8.42 Å². The van der Waals surface area contributed by atoms with E-state index in [1.807, 2.05) is 6.92 Å². The van der Waals surface area contributed by atoms with Crippen LogP contribution in [0.3, 0.4) is 0 Å². The van der Waals surface area contributed by atoms with E-state index in [1.165, 1.54) is 11.0 Å². The average molecular weight is 237 g/mol. The highest BCUT2D eigenvalue weighted by atomic mass is 32.2. The van der Waals surface area contributed by atoms with Crippen molar-refractivity contribution in [2.45, 2.75) is 16.8 Å². The zero-order valence-electron chi connectivity index (χ0n) is 8.95. The molecule has 16 heavy (non-hydrogen) atoms. The Bertz CT molecular complexity index is 599. The van der Waals surface area contributed by atoms with Crippen LogP contribution >= 0.6 is 0 Å². The number of nitrogens with zero attached hydrogens (tertiary/aromatic N) is 3. The molecule has 2 rings (SSSR count). The molecule has 0 spiro atoms. The van der Waals surface area contributed by atoms with Crippen molar-refractivity contribution in [2.75, 3.05) is 0 Å². The van der Waals surface area contributed by atoms with Gasteiger partial charge >= 0.3 is 0 Å². The van der Waals surface area contributed by atoms with E-state index in [4.69, 9.17) is 0 Å². The fourth-order valence-corrected chi connectivity index (χ4v) is 2.44. The molecule has 0 radical (unpaired) electrons. The van der Waals surface area contributed by atoms with Gasteiger partial charge in [0, 0.05) is 7.05 Å². The second-order valence-electron chi connectivity index (χ2n) is 3.49. The number of hydrogen-bond acceptors (Lipinski definition) is 4. The van der Waals surface area contributed by atoms with Crippen LogP contribution in [0.1, 0.15) is 5.56 Å². The summed E-state index contributed by atoms with van der Waals surface area (Å²) in [6, 6.07) is 6.64. The number of aryl methyl sites for hydroxylation is 2. The molecule has 0 fully saturated rings. The van der Waals surface area contributed by atoms with Gasteiger partial charge in [0.25, 0.3) is 0 Å². The molecule has 0 aliphatic heterocycles. The van der Waals surface area contributed by atoms with Crippen LogP contribution in [0.25, 0.3) is 0 Å². The van der Waals surface area contributed by atoms with Gasteiger partial charge in [-0.05, 0) is 19.1 Å². The van der Waals surface area contributed by atoms with Crippen LogP contribution in [0.5, 0.6) is 0 Å². The lowest BCUT2D eigenvalue weighted by Crippen LogP contribution is -2.03. The molecule has 0 saturated carbocycles. The third-order valence-corrected chi connectivity index (χ3v) is 3.82. The van der Waals surface area contributed by atoms with Gasteiger partial charge in [0.15, 0.2) is 0 Å². The van der Waals surface area contributed by atoms with Crippen LogP contribution in [-0.2, 0) is 16.9 Å². The van der Waals surface area contributed by atoms with E-state index in [0.29, 0.717) is 0 Å². The zero-order chi connectivity index (χ0) is 11.8. The third-order valence-electron chi connectivity index (χ3n) is 2.19. The summed E-state index contributed by atoms with van der Waals surface area (Å²) in [6.07, 6.45) is 1.25. The first-order chi connectivity index (χ1) is 7.50. The number of hydrogen-bond donors (Lipinski definition) is 0. The maximum absolute atomic E-state index is 12.0. The van der Waals surface area contributed by atoms with Crippen molar-refractivity contribution in [3.63, 3.8) is 0 Å². The molecule has 0 N–H and O–H groups in total. The van der Waals surface area contributed by atoms with Crippen LogP contribution < -0.4 is 0 Å². The average Bonchev–Trinajstić information content (AvgIpc) is 2.66. The van der Waals surface area contributed by atoms with E-state index in [2.05, 4.69) is 10.2 Å². The second kappa shape index (κ2) is 3.71. The Morgan fingerprint density at radius 3 is 2.31 bits per heavy atom. The van der Waals surface area contributed by atoms with Crippen molar-refractivity contribution in [1.82, 2.24) is 15.0 Å². The molecule has 0 amide bonds. The molecule has 2 aromatic rings. The van der Waals surface area contributed by atoms with Crippen LogP contribution in [0.15, 0.2) is 40.4 Å². The largest absolute Gasteiger partial charge is 0.227 e. The molecule has 0 unspecified atom stereocenters. The van der Waals surface area contributed by atoms with Gasteiger partial charge in [0.2, 0.25) is 14.9 Å². The standard InChI is InChI=1S/C10H11N3O2S/c1-8-3-5-9(6-4-8)16(14,15)10-7-11-13(2)12-10/h3-7H,1-2H3. The first-order valence-corrected chi connectivity index (χ1v) is 6.16. The minimum Gasteiger partial charge on any atom is -0.217 e. The molecule has 0 aliphatic rings. The first-order valence-electron chi connectivity index (χ1n) is 4.68. The lowest BCUT2D eigenvalue weighted by Gasteiger charge is -2.00. The van der Waals surface area contributed by atoms with E-state index < -0.39 is 9.84 Å². The molecule has 6 heteroatoms. The Labute approximate surface area is 93.6 Å². The Morgan fingerprint density at radius 1 is 1.19 bits per heavy atom. The fraction of sp³-hybridized carbons (Fsp3) is 0.200. The SMILES string of the molecule is Cc1ccc(S(=O)(=O)c2cnn(C)n2)cc1. The van der Waals surface area contributed by atoms with Gasteiger partial charge in [0.05, 0.1) is 11.1 Å². The summed E-state index contributed by atoms with van der Waals surface area (Å²) in [5, 5.41) is 7.52. The van der Waals surface area contributed by atoms with Gasteiger partial charge in [-0.25, -0.2) is 8.42 Å². The Balaban J connectivity index is 2.51. The van der Waals surface area contributed by atoms with Gasteiger partial charge in [-0.1, -0.05) is 17.7 Å². The molecule has 0 atom stereocenters. The topological polar surface area (TPSA) is 64.8 Å². The van der Waals surface area contributed by atoms with Crippen molar-refractivity contribution >= 4 is 9.84 Å². The molecule has 1 heterocycles. The molecule has 0 bridgehead atoms. The summed E-state index contributed by atoms with van der Waals surface area (Å²) in [7, 11) is -1.95. The van der Waals surface area contributed by atoms with Crippen LogP contribution in [0.2, 0.25) is 0 Å². The highest BCUT2D eigenvalue weighted by Gasteiger charge is 2.20. The quantitative estimate of drug-likeness (QED) is 0.780. The van der Waals surface area contributed by atoms with Gasteiger partial charge in [-0.3, -0.25) is 0 Å². The minimum absolute atomic E-state index is 0.0288. The third kappa shape index (κ3) is 1.83. The molecule has 0 saturated heterocycles. The second-order valence-corrected chi connectivity index (χ2v) is 5.39. The maximum Gasteiger partial charge on any atom is 0.227 e. The van der Waals surface area contributed by atoms with Crippen molar-refractivity contribution in [2.24, 2.45) is 7.05 Å². The predicted molar refractivity (Wildman–Crippen MR) is 57.6 cm³/mol. The molecular formula is C10H11N3O2S. The van der Waals surface area contributed by atoms with Crippen LogP contribution in [0.4, 0.5) is 0 Å². The van der Waals surface area contributed by atoms with Gasteiger partial charge in [-0.2, -0.15) is 9.90 Å². The first kappa shape index (κ1) is 10.8. The van der Waals surface area contributed by atoms with Crippen LogP contribution in [0, 0.1) is 6.92 Å². The number of aromatic nitrogens is 3. The summed E-state index contributed by atoms with van der Waals surface area (Å²) in [5.41, 5.74) is 1.01. The van der Waals surface area contributed by atoms with Crippen molar-refractivity contribution in [3.05, 3.63) is 36.0 Å². The van der Waals surface area contributed by atoms with Crippen molar-refractivity contribution in [3.8, 4) is 0 Å². The monoisotopic (exact) mass is 237 g/mol. The fourth-order valence-electron chi connectivity index (χ4n) is 1.29. The maximum atomic E-state index is 12.0. The predicted octanol–water partition coefficient (Wildman–Crippen LogP) is 0.956. The van der Waals surface area contributed by atoms with Crippen LogP contribution in [-0.4, -0.2) is 23.4 Å². The molecule has 84 valence electrons. The van der Waals surface area contributed by atoms with Gasteiger partial charge in [0.1, 0.15) is 0 Å². The number of rotatable bonds is 2. The summed E-state index contributed by atoms with van der Waals surface area (Å²) in [6.45, 7) is 1.90. The summed E-state index contributed by atoms with van der Waals surface area (Å²) in [5.74, 6) is 0. The molecule has 0 aliphatic carbocycles. The summed E-state index contributed by atoms with van der Waals surface area (Å²) >= 11 is 0. The minimum atomic E-state index is -3.53. The van der Waals surface area contributed by atoms with Gasteiger partial charge < -0.3 is 0 Å². The van der Waals surface area contributed by atoms with E-state index >= 15 is 0 Å². The lowest BCUT2D eigenvalue weighted by molar-refractivity contribution is 0.583. The smallest absolute Gasteiger partial charge is 0.217 e. The lowest BCUT2D eigenvalue weighted by atomic mass is 10.2. The molecular weight excluding hydrogens is 226 g/mol. The molecule has 1 aromatic carbocycles. The Morgan fingerprint density at radius 2 is 1.81 bits per heavy atom. The highest BCUT2D eigenvalue weighted by Crippen LogP contribution is 2.18. The zero-order valence-corrected chi connectivity index (χ0v) is 9.77.